The number of nitrogens with zero attached hydrogens (tertiary/aromatic N) is 2. The second-order valence-corrected chi connectivity index (χ2v) is 11.2. The Morgan fingerprint density at radius 2 is 1.61 bits per heavy atom. The number of rotatable bonds is 3. The van der Waals surface area contributed by atoms with Crippen molar-refractivity contribution in [1.29, 1.82) is 0 Å². The van der Waals surface area contributed by atoms with Crippen LogP contribution in [-0.4, -0.2) is 59.0 Å². The number of hydrogen-bond acceptors (Lipinski definition) is 4. The molecule has 2 saturated heterocycles. The summed E-state index contributed by atoms with van der Waals surface area (Å²) in [5.41, 5.74) is 0.447. The Morgan fingerprint density at radius 1 is 1.00 bits per heavy atom. The van der Waals surface area contributed by atoms with E-state index in [2.05, 4.69) is 37.8 Å². The van der Waals surface area contributed by atoms with Crippen molar-refractivity contribution in [3.05, 3.63) is 36.0 Å². The van der Waals surface area contributed by atoms with E-state index >= 15 is 0 Å². The van der Waals surface area contributed by atoms with Crippen LogP contribution in [0.2, 0.25) is 0 Å². The molecule has 3 aliphatic rings. The summed E-state index contributed by atoms with van der Waals surface area (Å²) in [5.74, 6) is 0.385. The molecule has 0 aromatic heterocycles. The molecule has 31 heavy (non-hydrogen) atoms. The van der Waals surface area contributed by atoms with Crippen molar-refractivity contribution in [2.45, 2.75) is 78.4 Å². The Balaban J connectivity index is 1.52. The van der Waals surface area contributed by atoms with E-state index in [0.717, 1.165) is 57.4 Å². The maximum absolute atomic E-state index is 13.1. The predicted octanol–water partition coefficient (Wildman–Crippen LogP) is 5.14. The molecule has 2 fully saturated rings. The highest BCUT2D eigenvalue weighted by Crippen LogP contribution is 2.34. The van der Waals surface area contributed by atoms with Gasteiger partial charge in [-0.2, -0.15) is 0 Å². The third kappa shape index (κ3) is 6.09. The normalized spacial score (nSPS) is 24.5. The van der Waals surface area contributed by atoms with Gasteiger partial charge in [-0.1, -0.05) is 44.2 Å². The summed E-state index contributed by atoms with van der Waals surface area (Å²) < 4.78 is 5.53. The monoisotopic (exact) mass is 428 g/mol. The Labute approximate surface area is 188 Å². The number of likely N-dealkylation sites (tertiary alicyclic amines) is 2. The Bertz CT molecular complexity index is 769. The second-order valence-electron chi connectivity index (χ2n) is 11.2. The number of amides is 1. The minimum Gasteiger partial charge on any atom is -0.444 e. The van der Waals surface area contributed by atoms with Crippen molar-refractivity contribution in [3.8, 4) is 0 Å². The van der Waals surface area contributed by atoms with E-state index < -0.39 is 5.60 Å². The zero-order valence-corrected chi connectivity index (χ0v) is 20.2. The first-order valence-corrected chi connectivity index (χ1v) is 11.7. The first-order valence-electron chi connectivity index (χ1n) is 11.7. The smallest absolute Gasteiger partial charge is 0.410 e. The largest absolute Gasteiger partial charge is 0.444 e. The molecule has 5 heteroatoms. The standard InChI is InChI=1S/C26H40N2O3/c1-24(2,3)31-23(30)27-18-14-26(6,15-19-27)28-16-10-21(11-17-28)22(29)20-8-7-12-25(4,5)13-9-20/h7-9,12-13,21H,10-11,14-19H2,1-6H3. The van der Waals surface area contributed by atoms with Gasteiger partial charge in [-0.25, -0.2) is 4.79 Å². The molecule has 5 nitrogen and oxygen atoms in total. The van der Waals surface area contributed by atoms with E-state index in [9.17, 15) is 9.59 Å². The van der Waals surface area contributed by atoms with Crippen LogP contribution in [0.25, 0.3) is 0 Å². The summed E-state index contributed by atoms with van der Waals surface area (Å²) in [5, 5.41) is 0. The summed E-state index contributed by atoms with van der Waals surface area (Å²) in [6.07, 6.45) is 13.7. The van der Waals surface area contributed by atoms with E-state index in [0.29, 0.717) is 0 Å². The maximum Gasteiger partial charge on any atom is 0.410 e. The Morgan fingerprint density at radius 3 is 2.19 bits per heavy atom. The van der Waals surface area contributed by atoms with Crippen LogP contribution in [0, 0.1) is 11.3 Å². The van der Waals surface area contributed by atoms with Crippen molar-refractivity contribution in [2.24, 2.45) is 11.3 Å². The molecule has 172 valence electrons. The average Bonchev–Trinajstić information content (AvgIpc) is 2.87. The first kappa shape index (κ1) is 23.8. The molecular weight excluding hydrogens is 388 g/mol. The second kappa shape index (κ2) is 8.93. The lowest BCUT2D eigenvalue weighted by Crippen LogP contribution is -2.57. The first-order chi connectivity index (χ1) is 14.4. The molecule has 0 atom stereocenters. The van der Waals surface area contributed by atoms with Gasteiger partial charge in [-0.15, -0.1) is 0 Å². The van der Waals surface area contributed by atoms with Crippen molar-refractivity contribution >= 4 is 11.9 Å². The summed E-state index contributed by atoms with van der Waals surface area (Å²) in [6.45, 7) is 15.7. The van der Waals surface area contributed by atoms with Gasteiger partial charge < -0.3 is 9.64 Å². The number of carbonyl (C=O) groups excluding carboxylic acids is 2. The molecule has 3 rings (SSSR count). The maximum atomic E-state index is 13.1. The molecule has 0 N–H and O–H groups in total. The molecule has 0 unspecified atom stereocenters. The number of allylic oxidation sites excluding steroid dienone is 6. The van der Waals surface area contributed by atoms with Crippen LogP contribution < -0.4 is 0 Å². The van der Waals surface area contributed by atoms with Crippen LogP contribution in [0.3, 0.4) is 0 Å². The lowest BCUT2D eigenvalue weighted by atomic mass is 9.82. The highest BCUT2D eigenvalue weighted by Gasteiger charge is 2.40. The van der Waals surface area contributed by atoms with Crippen LogP contribution >= 0.6 is 0 Å². The lowest BCUT2D eigenvalue weighted by molar-refractivity contribution is -0.121. The molecule has 0 aromatic rings. The zero-order valence-electron chi connectivity index (χ0n) is 20.2. The summed E-state index contributed by atoms with van der Waals surface area (Å²) in [7, 11) is 0. The van der Waals surface area contributed by atoms with Crippen LogP contribution in [0.4, 0.5) is 4.79 Å². The SMILES string of the molecule is CC1(C)C=CC=C(C(=O)C2CCN(C3(C)CCN(C(=O)OC(C)(C)C)CC3)CC2)C=C1. The zero-order chi connectivity index (χ0) is 22.9. The van der Waals surface area contributed by atoms with Crippen molar-refractivity contribution in [1.82, 2.24) is 9.80 Å². The summed E-state index contributed by atoms with van der Waals surface area (Å²) in [6, 6.07) is 0. The van der Waals surface area contributed by atoms with Gasteiger partial charge in [0, 0.05) is 35.5 Å². The van der Waals surface area contributed by atoms with Gasteiger partial charge >= 0.3 is 6.09 Å². The topological polar surface area (TPSA) is 49.9 Å². The molecule has 0 spiro atoms. The fourth-order valence-electron chi connectivity index (χ4n) is 4.71. The van der Waals surface area contributed by atoms with E-state index in [-0.39, 0.29) is 28.7 Å². The molecule has 1 aliphatic carbocycles. The third-order valence-corrected chi connectivity index (χ3v) is 6.90. The molecule has 0 bridgehead atoms. The summed E-state index contributed by atoms with van der Waals surface area (Å²) >= 11 is 0. The summed E-state index contributed by atoms with van der Waals surface area (Å²) in [4.78, 5) is 29.8. The molecule has 2 heterocycles. The molecular formula is C26H40N2O3. The van der Waals surface area contributed by atoms with Gasteiger partial charge in [-0.3, -0.25) is 9.69 Å². The highest BCUT2D eigenvalue weighted by atomic mass is 16.6. The molecule has 1 amide bonds. The van der Waals surface area contributed by atoms with Crippen molar-refractivity contribution in [2.75, 3.05) is 26.2 Å². The number of carbonyl (C=O) groups is 2. The van der Waals surface area contributed by atoms with E-state index in [4.69, 9.17) is 4.74 Å². The van der Waals surface area contributed by atoms with E-state index in [1.165, 1.54) is 0 Å². The molecule has 0 saturated carbocycles. The number of ketones is 1. The minimum absolute atomic E-state index is 0.00927. The van der Waals surface area contributed by atoms with Crippen LogP contribution in [0.1, 0.15) is 67.2 Å². The van der Waals surface area contributed by atoms with Gasteiger partial charge in [0.2, 0.25) is 0 Å². The Kier molecular flexibility index (Phi) is 6.85. The van der Waals surface area contributed by atoms with Crippen molar-refractivity contribution in [3.63, 3.8) is 0 Å². The third-order valence-electron chi connectivity index (χ3n) is 6.90. The number of ether oxygens (including phenoxy) is 1. The minimum atomic E-state index is -0.459. The molecule has 0 aromatic carbocycles. The van der Waals surface area contributed by atoms with Crippen molar-refractivity contribution < 1.29 is 14.3 Å². The number of Topliss-reactive ketones (excluding diaryl/α,β-unsaturated/α-hetero) is 1. The van der Waals surface area contributed by atoms with Gasteiger partial charge in [0.1, 0.15) is 5.60 Å². The quantitative estimate of drug-likeness (QED) is 0.625. The van der Waals surface area contributed by atoms with Gasteiger partial charge in [0.05, 0.1) is 0 Å². The highest BCUT2D eigenvalue weighted by molar-refractivity contribution is 6.00. The predicted molar refractivity (Wildman–Crippen MR) is 125 cm³/mol. The van der Waals surface area contributed by atoms with Gasteiger partial charge in [0.15, 0.2) is 5.78 Å². The van der Waals surface area contributed by atoms with Crippen LogP contribution in [0.5, 0.6) is 0 Å². The van der Waals surface area contributed by atoms with E-state index in [1.807, 2.05) is 43.9 Å². The number of piperidine rings is 2. The lowest BCUT2D eigenvalue weighted by Gasteiger charge is -2.49. The fraction of sp³-hybridized carbons (Fsp3) is 0.692. The van der Waals surface area contributed by atoms with Gasteiger partial charge in [-0.05, 0) is 66.5 Å². The van der Waals surface area contributed by atoms with Crippen LogP contribution in [0.15, 0.2) is 36.0 Å². The molecule has 2 aliphatic heterocycles. The fourth-order valence-corrected chi connectivity index (χ4v) is 4.71. The van der Waals surface area contributed by atoms with E-state index in [1.54, 1.807) is 0 Å². The number of hydrogen-bond donors (Lipinski definition) is 0. The van der Waals surface area contributed by atoms with Gasteiger partial charge in [0.25, 0.3) is 0 Å². The van der Waals surface area contributed by atoms with Crippen LogP contribution in [-0.2, 0) is 9.53 Å². The molecule has 0 radical (unpaired) electrons. The average molecular weight is 429 g/mol. The Hall–Kier alpha value is -1.88.